The van der Waals surface area contributed by atoms with Crippen LogP contribution in [0.15, 0.2) is 27.2 Å². The highest BCUT2D eigenvalue weighted by Gasteiger charge is 2.36. The van der Waals surface area contributed by atoms with E-state index in [0.29, 0.717) is 52.1 Å². The summed E-state index contributed by atoms with van der Waals surface area (Å²) in [5.74, 6) is 2.33. The molecule has 2 aliphatic carbocycles. The monoisotopic (exact) mass is 560 g/mol. The van der Waals surface area contributed by atoms with Gasteiger partial charge >= 0.3 is 5.97 Å². The molecule has 2 saturated carbocycles. The van der Waals surface area contributed by atoms with Gasteiger partial charge in [-0.2, -0.15) is 4.98 Å². The molecule has 2 aromatic heterocycles. The van der Waals surface area contributed by atoms with Crippen molar-refractivity contribution < 1.29 is 23.3 Å². The molecule has 1 aliphatic heterocycles. The molecule has 3 fully saturated rings. The maximum atomic E-state index is 11.8. The SMILES string of the molecule is COC(=O)C1CCC(c2nc(N3CCC(OCc4c(-c5c(Cl)cccc5Cl)noc4C4CC4)CC3)no2)C1. The molecule has 202 valence electrons. The van der Waals surface area contributed by atoms with Crippen molar-refractivity contribution in [3.05, 3.63) is 45.5 Å². The average molecular weight is 561 g/mol. The van der Waals surface area contributed by atoms with Gasteiger partial charge in [-0.05, 0) is 62.2 Å². The third-order valence-electron chi connectivity index (χ3n) is 7.90. The fourth-order valence-electron chi connectivity index (χ4n) is 5.58. The molecule has 38 heavy (non-hydrogen) atoms. The van der Waals surface area contributed by atoms with Crippen molar-refractivity contribution in [1.82, 2.24) is 15.3 Å². The van der Waals surface area contributed by atoms with E-state index in [4.69, 9.17) is 41.7 Å². The molecule has 0 spiro atoms. The maximum absolute atomic E-state index is 11.8. The molecule has 2 unspecified atom stereocenters. The van der Waals surface area contributed by atoms with Crippen LogP contribution >= 0.6 is 23.2 Å². The van der Waals surface area contributed by atoms with Crippen molar-refractivity contribution >= 4 is 35.1 Å². The van der Waals surface area contributed by atoms with E-state index in [-0.39, 0.29) is 23.9 Å². The number of hydrogen-bond acceptors (Lipinski definition) is 9. The van der Waals surface area contributed by atoms with E-state index in [0.717, 1.165) is 62.9 Å². The zero-order valence-electron chi connectivity index (χ0n) is 21.2. The van der Waals surface area contributed by atoms with Crippen molar-refractivity contribution in [2.24, 2.45) is 5.92 Å². The topological polar surface area (TPSA) is 104 Å². The van der Waals surface area contributed by atoms with E-state index in [9.17, 15) is 4.79 Å². The molecule has 9 nitrogen and oxygen atoms in total. The summed E-state index contributed by atoms with van der Waals surface area (Å²) in [5, 5.41) is 9.66. The fraction of sp³-hybridized carbons (Fsp3) is 0.556. The summed E-state index contributed by atoms with van der Waals surface area (Å²) in [4.78, 5) is 18.6. The lowest BCUT2D eigenvalue weighted by Gasteiger charge is -2.30. The number of carbonyl (C=O) groups excluding carboxylic acids is 1. The Labute approximate surface area is 230 Å². The zero-order chi connectivity index (χ0) is 26.2. The number of methoxy groups -OCH3 is 1. The second-order valence-electron chi connectivity index (χ2n) is 10.4. The minimum Gasteiger partial charge on any atom is -0.469 e. The van der Waals surface area contributed by atoms with Crippen molar-refractivity contribution in [1.29, 1.82) is 0 Å². The van der Waals surface area contributed by atoms with Crippen LogP contribution in [0.3, 0.4) is 0 Å². The molecule has 6 rings (SSSR count). The van der Waals surface area contributed by atoms with E-state index >= 15 is 0 Å². The molecule has 3 aliphatic rings. The molecule has 0 radical (unpaired) electrons. The van der Waals surface area contributed by atoms with Gasteiger partial charge in [0.2, 0.25) is 5.89 Å². The Morgan fingerprint density at radius 2 is 1.76 bits per heavy atom. The van der Waals surface area contributed by atoms with Crippen LogP contribution in [0.25, 0.3) is 11.3 Å². The van der Waals surface area contributed by atoms with Gasteiger partial charge in [-0.15, -0.1) is 0 Å². The lowest BCUT2D eigenvalue weighted by Crippen LogP contribution is -2.37. The Hall–Kier alpha value is -2.62. The Balaban J connectivity index is 1.07. The molecule has 0 amide bonds. The molecule has 3 heterocycles. The summed E-state index contributed by atoms with van der Waals surface area (Å²) in [6, 6.07) is 5.43. The second-order valence-corrected chi connectivity index (χ2v) is 11.2. The Morgan fingerprint density at radius 3 is 2.47 bits per heavy atom. The number of piperidine rings is 1. The highest BCUT2D eigenvalue weighted by molar-refractivity contribution is 6.39. The first-order chi connectivity index (χ1) is 18.5. The van der Waals surface area contributed by atoms with Crippen LogP contribution in [-0.2, 0) is 20.9 Å². The summed E-state index contributed by atoms with van der Waals surface area (Å²) in [6.07, 6.45) is 6.28. The largest absolute Gasteiger partial charge is 0.469 e. The highest BCUT2D eigenvalue weighted by atomic mass is 35.5. The third kappa shape index (κ3) is 5.16. The molecular formula is C27H30Cl2N4O5. The van der Waals surface area contributed by atoms with Crippen molar-refractivity contribution in [2.45, 2.75) is 69.5 Å². The molecule has 0 bridgehead atoms. The van der Waals surface area contributed by atoms with E-state index in [2.05, 4.69) is 20.2 Å². The number of halogens is 2. The van der Waals surface area contributed by atoms with E-state index in [1.807, 2.05) is 18.2 Å². The summed E-state index contributed by atoms with van der Waals surface area (Å²) in [5.41, 5.74) is 2.29. The number of anilines is 1. The standard InChI is InChI=1S/C27H30Cl2N4O5/c1-35-26(34)17-8-7-16(13-17)25-30-27(32-38-25)33-11-9-18(10-12-33)36-14-19-23(31-37-24(19)15-5-6-15)22-20(28)3-2-4-21(22)29/h2-4,15-18H,5-14H2,1H3. The van der Waals surface area contributed by atoms with Gasteiger partial charge in [0.25, 0.3) is 5.95 Å². The lowest BCUT2D eigenvalue weighted by atomic mass is 10.0. The van der Waals surface area contributed by atoms with Crippen molar-refractivity contribution in [2.75, 3.05) is 25.1 Å². The number of hydrogen-bond donors (Lipinski definition) is 0. The second kappa shape index (κ2) is 10.9. The number of nitrogens with zero attached hydrogens (tertiary/aromatic N) is 4. The Morgan fingerprint density at radius 1 is 1.03 bits per heavy atom. The first-order valence-electron chi connectivity index (χ1n) is 13.2. The number of benzene rings is 1. The fourth-order valence-corrected chi connectivity index (χ4v) is 6.16. The minimum atomic E-state index is -0.160. The first-order valence-corrected chi connectivity index (χ1v) is 14.0. The molecule has 1 saturated heterocycles. The van der Waals surface area contributed by atoms with E-state index in [1.54, 1.807) is 0 Å². The normalized spacial score (nSPS) is 22.2. The van der Waals surface area contributed by atoms with Crippen LogP contribution < -0.4 is 4.90 Å². The summed E-state index contributed by atoms with van der Waals surface area (Å²) in [6.45, 7) is 1.93. The van der Waals surface area contributed by atoms with Crippen LogP contribution in [0.5, 0.6) is 0 Å². The third-order valence-corrected chi connectivity index (χ3v) is 8.53. The quantitative estimate of drug-likeness (QED) is 0.300. The van der Waals surface area contributed by atoms with Gasteiger partial charge in [0.15, 0.2) is 0 Å². The molecule has 2 atom stereocenters. The molecule has 3 aromatic rings. The van der Waals surface area contributed by atoms with Crippen LogP contribution in [0, 0.1) is 5.92 Å². The van der Waals surface area contributed by atoms with Gasteiger partial charge in [-0.3, -0.25) is 4.79 Å². The van der Waals surface area contributed by atoms with Gasteiger partial charge in [-0.25, -0.2) is 0 Å². The smallest absolute Gasteiger partial charge is 0.308 e. The minimum absolute atomic E-state index is 0.0878. The Bertz CT molecular complexity index is 1280. The van der Waals surface area contributed by atoms with E-state index in [1.165, 1.54) is 7.11 Å². The van der Waals surface area contributed by atoms with Crippen LogP contribution in [-0.4, -0.2) is 47.6 Å². The summed E-state index contributed by atoms with van der Waals surface area (Å²) >= 11 is 13.0. The number of aromatic nitrogens is 3. The van der Waals surface area contributed by atoms with Gasteiger partial charge < -0.3 is 23.4 Å². The van der Waals surface area contributed by atoms with Crippen LogP contribution in [0.4, 0.5) is 5.95 Å². The van der Waals surface area contributed by atoms with Crippen molar-refractivity contribution in [3.8, 4) is 11.3 Å². The van der Waals surface area contributed by atoms with Gasteiger partial charge in [0.1, 0.15) is 11.5 Å². The average Bonchev–Trinajstić information content (AvgIpc) is 3.31. The number of carbonyl (C=O) groups is 1. The van der Waals surface area contributed by atoms with E-state index < -0.39 is 0 Å². The first kappa shape index (κ1) is 25.6. The highest BCUT2D eigenvalue weighted by Crippen LogP contribution is 2.46. The number of esters is 1. The molecular weight excluding hydrogens is 531 g/mol. The predicted molar refractivity (Wildman–Crippen MR) is 140 cm³/mol. The summed E-state index contributed by atoms with van der Waals surface area (Å²) in [7, 11) is 1.43. The van der Waals surface area contributed by atoms with Gasteiger partial charge in [0, 0.05) is 36.1 Å². The predicted octanol–water partition coefficient (Wildman–Crippen LogP) is 6.15. The maximum Gasteiger partial charge on any atom is 0.308 e. The Kier molecular flexibility index (Phi) is 7.33. The van der Waals surface area contributed by atoms with Crippen molar-refractivity contribution in [3.63, 3.8) is 0 Å². The lowest BCUT2D eigenvalue weighted by molar-refractivity contribution is -0.145. The van der Waals surface area contributed by atoms with Gasteiger partial charge in [0.05, 0.1) is 35.8 Å². The number of ether oxygens (including phenoxy) is 2. The molecule has 11 heteroatoms. The zero-order valence-corrected chi connectivity index (χ0v) is 22.7. The number of rotatable bonds is 8. The van der Waals surface area contributed by atoms with Gasteiger partial charge in [-0.1, -0.05) is 34.4 Å². The molecule has 1 aromatic carbocycles. The van der Waals surface area contributed by atoms with Crippen LogP contribution in [0.1, 0.15) is 74.0 Å². The van der Waals surface area contributed by atoms with Crippen LogP contribution in [0.2, 0.25) is 10.0 Å². The summed E-state index contributed by atoms with van der Waals surface area (Å²) < 4.78 is 22.6. The molecule has 0 N–H and O–H groups in total.